The Labute approximate surface area is 224 Å². The number of nitrogens with one attached hydrogen (secondary N) is 1. The molecule has 38 heavy (non-hydrogen) atoms. The van der Waals surface area contributed by atoms with E-state index in [-0.39, 0.29) is 43.2 Å². The molecule has 0 spiro atoms. The molecule has 2 fully saturated rings. The van der Waals surface area contributed by atoms with Crippen LogP contribution in [0.25, 0.3) is 0 Å². The second kappa shape index (κ2) is 11.2. The summed E-state index contributed by atoms with van der Waals surface area (Å²) in [6, 6.07) is 17.5. The third-order valence-corrected chi connectivity index (χ3v) is 12.1. The fourth-order valence-corrected chi connectivity index (χ4v) is 9.68. The highest BCUT2D eigenvalue weighted by molar-refractivity contribution is 8.46. The number of esters is 1. The third-order valence-electron chi connectivity index (χ3n) is 7.43. The third kappa shape index (κ3) is 4.78. The van der Waals surface area contributed by atoms with E-state index >= 15 is 0 Å². The topological polar surface area (TPSA) is 116 Å². The normalized spacial score (nSPS) is 24.9. The van der Waals surface area contributed by atoms with Crippen LogP contribution in [-0.4, -0.2) is 73.1 Å². The number of aliphatic hydroxyl groups excluding tert-OH is 1. The van der Waals surface area contributed by atoms with Crippen molar-refractivity contribution in [1.82, 2.24) is 15.1 Å². The number of benzene rings is 2. The first-order chi connectivity index (χ1) is 18.2. The smallest absolute Gasteiger partial charge is 0.330 e. The Kier molecular flexibility index (Phi) is 8.13. The highest BCUT2D eigenvalue weighted by atomic mass is 32.3. The average Bonchev–Trinajstić information content (AvgIpc) is 3.07. The van der Waals surface area contributed by atoms with Crippen LogP contribution < -0.4 is 5.32 Å². The van der Waals surface area contributed by atoms with Crippen molar-refractivity contribution in [2.24, 2.45) is 0 Å². The molecule has 9 nitrogen and oxygen atoms in total. The molecule has 2 aliphatic heterocycles. The number of rotatable bonds is 9. The maximum atomic E-state index is 14.4. The number of carbonyl (C=O) groups excluding carboxylic acids is 4. The average molecular weight is 542 g/mol. The minimum Gasteiger partial charge on any atom is -0.459 e. The zero-order valence-electron chi connectivity index (χ0n) is 22.0. The lowest BCUT2D eigenvalue weighted by Gasteiger charge is -2.50. The lowest BCUT2D eigenvalue weighted by Crippen LogP contribution is -2.57. The van der Waals surface area contributed by atoms with Gasteiger partial charge in [0.25, 0.3) is 5.24 Å². The van der Waals surface area contributed by atoms with E-state index in [9.17, 15) is 24.3 Å². The molecule has 0 aromatic heterocycles. The minimum absolute atomic E-state index is 0.0334. The summed E-state index contributed by atoms with van der Waals surface area (Å²) in [7, 11) is -2.72. The predicted octanol–water partition coefficient (Wildman–Crippen LogP) is 2.96. The summed E-state index contributed by atoms with van der Waals surface area (Å²) < 4.78 is 4.53. The van der Waals surface area contributed by atoms with Crippen LogP contribution in [0, 0.1) is 0 Å². The molecule has 1 unspecified atom stereocenters. The van der Waals surface area contributed by atoms with Gasteiger partial charge in [-0.1, -0.05) is 60.7 Å². The Hall–Kier alpha value is -3.37. The van der Waals surface area contributed by atoms with Gasteiger partial charge >= 0.3 is 5.97 Å². The van der Waals surface area contributed by atoms with Crippen LogP contribution >= 0.6 is 10.0 Å². The minimum atomic E-state index is -2.72. The van der Waals surface area contributed by atoms with Gasteiger partial charge in [-0.2, -0.15) is 0 Å². The summed E-state index contributed by atoms with van der Waals surface area (Å²) in [5.41, 5.74) is 1.63. The molecule has 2 N–H and O–H groups in total. The van der Waals surface area contributed by atoms with Crippen LogP contribution in [0.2, 0.25) is 0 Å². The van der Waals surface area contributed by atoms with Gasteiger partial charge < -0.3 is 25.0 Å². The molecule has 0 saturated carbocycles. The van der Waals surface area contributed by atoms with E-state index in [1.165, 1.54) is 9.80 Å². The molecule has 2 aliphatic rings. The van der Waals surface area contributed by atoms with Gasteiger partial charge in [-0.05, 0) is 31.9 Å². The van der Waals surface area contributed by atoms with Crippen molar-refractivity contribution >= 4 is 33.1 Å². The number of likely N-dealkylation sites (N-methyl/N-ethyl adjacent to an activating group) is 1. The van der Waals surface area contributed by atoms with Gasteiger partial charge in [0.15, 0.2) is 0 Å². The number of amides is 3. The van der Waals surface area contributed by atoms with Crippen LogP contribution in [0.4, 0.5) is 4.79 Å². The van der Waals surface area contributed by atoms with Gasteiger partial charge in [0, 0.05) is 17.8 Å². The van der Waals surface area contributed by atoms with Gasteiger partial charge in [-0.15, -0.1) is 10.0 Å². The second-order valence-corrected chi connectivity index (χ2v) is 13.8. The van der Waals surface area contributed by atoms with E-state index in [1.807, 2.05) is 60.7 Å². The molecule has 3 atom stereocenters. The Morgan fingerprint density at radius 1 is 1.08 bits per heavy atom. The van der Waals surface area contributed by atoms with E-state index in [1.54, 1.807) is 20.8 Å². The Morgan fingerprint density at radius 2 is 1.68 bits per heavy atom. The molecular formula is C28H35N3O6S. The highest BCUT2D eigenvalue weighted by Gasteiger charge is 2.72. The Morgan fingerprint density at radius 3 is 2.24 bits per heavy atom. The van der Waals surface area contributed by atoms with Crippen molar-refractivity contribution in [1.29, 1.82) is 0 Å². The number of aliphatic hydroxyl groups is 1. The zero-order chi connectivity index (χ0) is 27.5. The van der Waals surface area contributed by atoms with E-state index in [4.69, 9.17) is 4.74 Å². The molecule has 2 aromatic rings. The quantitative estimate of drug-likeness (QED) is 0.373. The summed E-state index contributed by atoms with van der Waals surface area (Å²) in [6.07, 6.45) is 0.0634. The molecule has 3 amide bonds. The standard InChI is InChI=1S/C28H35N3O6S/c1-4-29-22(33)17-30(16-20-11-7-5-8-12-20)27(36)38(19-32)24-15-23(34)31(24)25(28(38,2)3)26(35)37-18-21-13-9-6-10-14-21/h5-14,24-25,32H,4,15-19H2,1-3H3,(H,29,33)/t24-,25+/m1/s1. The molecular weight excluding hydrogens is 506 g/mol. The Bertz CT molecular complexity index is 1190. The predicted molar refractivity (Wildman–Crippen MR) is 145 cm³/mol. The lowest BCUT2D eigenvalue weighted by atomic mass is 9.98. The monoisotopic (exact) mass is 541 g/mol. The van der Waals surface area contributed by atoms with Crippen LogP contribution in [0.5, 0.6) is 0 Å². The number of hydrogen-bond acceptors (Lipinski definition) is 6. The van der Waals surface area contributed by atoms with Crippen LogP contribution in [0.15, 0.2) is 60.7 Å². The first-order valence-electron chi connectivity index (χ1n) is 12.7. The summed E-state index contributed by atoms with van der Waals surface area (Å²) in [6.45, 7) is 5.71. The molecule has 10 heteroatoms. The van der Waals surface area contributed by atoms with E-state index < -0.39 is 38.1 Å². The molecule has 2 heterocycles. The lowest BCUT2D eigenvalue weighted by molar-refractivity contribution is -0.162. The number of β-lactam (4-membered cyclic amide) rings is 1. The van der Waals surface area contributed by atoms with E-state index in [2.05, 4.69) is 5.32 Å². The molecule has 0 radical (unpaired) electrons. The van der Waals surface area contributed by atoms with Gasteiger partial charge in [0.2, 0.25) is 11.8 Å². The molecule has 204 valence electrons. The van der Waals surface area contributed by atoms with Crippen LogP contribution in [-0.2, 0) is 32.3 Å². The van der Waals surface area contributed by atoms with Crippen molar-refractivity contribution < 1.29 is 29.0 Å². The zero-order valence-corrected chi connectivity index (χ0v) is 22.8. The van der Waals surface area contributed by atoms with Crippen molar-refractivity contribution in [2.45, 2.75) is 56.5 Å². The van der Waals surface area contributed by atoms with Crippen LogP contribution in [0.3, 0.4) is 0 Å². The summed E-state index contributed by atoms with van der Waals surface area (Å²) >= 11 is 0. The number of ether oxygens (including phenoxy) is 1. The largest absolute Gasteiger partial charge is 0.459 e. The van der Waals surface area contributed by atoms with E-state index in [0.29, 0.717) is 6.54 Å². The van der Waals surface area contributed by atoms with Crippen molar-refractivity contribution in [3.63, 3.8) is 0 Å². The number of carbonyl (C=O) groups is 4. The fourth-order valence-electron chi connectivity index (χ4n) is 5.43. The van der Waals surface area contributed by atoms with Gasteiger partial charge in [0.1, 0.15) is 19.2 Å². The van der Waals surface area contributed by atoms with Crippen molar-refractivity contribution in [3.05, 3.63) is 71.8 Å². The van der Waals surface area contributed by atoms with Gasteiger partial charge in [-0.3, -0.25) is 14.4 Å². The molecule has 2 saturated heterocycles. The maximum Gasteiger partial charge on any atom is 0.330 e. The number of fused-ring (bicyclic) bond motifs is 1. The maximum absolute atomic E-state index is 14.4. The first-order valence-corrected chi connectivity index (χ1v) is 14.6. The van der Waals surface area contributed by atoms with Crippen molar-refractivity contribution in [3.8, 4) is 0 Å². The fraction of sp³-hybridized carbons (Fsp3) is 0.429. The number of hydrogen-bond donors (Lipinski definition) is 2. The molecule has 0 bridgehead atoms. The summed E-state index contributed by atoms with van der Waals surface area (Å²) in [4.78, 5) is 56.2. The number of nitrogens with zero attached hydrogens (tertiary/aromatic N) is 2. The highest BCUT2D eigenvalue weighted by Crippen LogP contribution is 2.74. The Balaban J connectivity index is 1.67. The first kappa shape index (κ1) is 27.7. The second-order valence-electron chi connectivity index (χ2n) is 10.0. The van der Waals surface area contributed by atoms with Crippen molar-refractivity contribution in [2.75, 3.05) is 19.0 Å². The molecule has 0 aliphatic carbocycles. The van der Waals surface area contributed by atoms with E-state index in [0.717, 1.165) is 11.1 Å². The summed E-state index contributed by atoms with van der Waals surface area (Å²) in [5.74, 6) is -1.68. The summed E-state index contributed by atoms with van der Waals surface area (Å²) in [5, 5.41) is 12.6. The molecule has 2 aromatic carbocycles. The van der Waals surface area contributed by atoms with Gasteiger partial charge in [-0.25, -0.2) is 4.79 Å². The van der Waals surface area contributed by atoms with Gasteiger partial charge in [0.05, 0.1) is 17.7 Å². The van der Waals surface area contributed by atoms with Crippen LogP contribution in [0.1, 0.15) is 38.3 Å². The SMILES string of the molecule is CCNC(=O)CN(Cc1ccccc1)C(=O)S1(CO)[C@@H]2CC(=O)N2[C@@H](C(=O)OCc2ccccc2)C1(C)C. The molecule has 4 rings (SSSR count).